The average molecular weight is 577 g/mol. The van der Waals surface area contributed by atoms with E-state index in [0.717, 1.165) is 19.2 Å². The van der Waals surface area contributed by atoms with Crippen LogP contribution in [0.3, 0.4) is 0 Å². The van der Waals surface area contributed by atoms with Gasteiger partial charge in [-0.05, 0) is 42.5 Å². The molecule has 0 saturated heterocycles. The fourth-order valence-corrected chi connectivity index (χ4v) is 6.62. The van der Waals surface area contributed by atoms with E-state index in [2.05, 4.69) is 14.4 Å². The van der Waals surface area contributed by atoms with Crippen LogP contribution in [0, 0.1) is 11.8 Å². The zero-order valence-corrected chi connectivity index (χ0v) is 23.3. The highest BCUT2D eigenvalue weighted by Crippen LogP contribution is 2.45. The van der Waals surface area contributed by atoms with Crippen molar-refractivity contribution < 1.29 is 36.4 Å². The van der Waals surface area contributed by atoms with Crippen LogP contribution in [0.2, 0.25) is 0 Å². The number of hydrogen-bond acceptors (Lipinski definition) is 9. The molecule has 2 unspecified atom stereocenters. The summed E-state index contributed by atoms with van der Waals surface area (Å²) in [4.78, 5) is 40.0. The van der Waals surface area contributed by atoms with Crippen molar-refractivity contribution in [1.82, 2.24) is 5.06 Å². The van der Waals surface area contributed by atoms with Gasteiger partial charge in [0.25, 0.3) is 10.0 Å². The number of rotatable bonds is 7. The number of sulfonamides is 2. The summed E-state index contributed by atoms with van der Waals surface area (Å²) < 4.78 is 55.5. The van der Waals surface area contributed by atoms with Crippen molar-refractivity contribution >= 4 is 54.7 Å². The Kier molecular flexibility index (Phi) is 7.17. The van der Waals surface area contributed by atoms with Gasteiger partial charge in [0, 0.05) is 18.2 Å². The molecule has 12 nitrogen and oxygen atoms in total. The average Bonchev–Trinajstić information content (AvgIpc) is 2.83. The molecule has 0 spiro atoms. The van der Waals surface area contributed by atoms with Crippen molar-refractivity contribution in [3.63, 3.8) is 0 Å². The van der Waals surface area contributed by atoms with E-state index in [9.17, 15) is 36.4 Å². The summed E-state index contributed by atoms with van der Waals surface area (Å²) in [6.45, 7) is 4.88. The number of Topliss-reactive ketones (excluding diaryl/α,β-unsaturated/α-hetero) is 2. The van der Waals surface area contributed by atoms with Crippen molar-refractivity contribution in [2.75, 3.05) is 16.3 Å². The largest absolute Gasteiger partial charge is 0.341 e. The lowest BCUT2D eigenvalue weighted by Gasteiger charge is -2.44. The summed E-state index contributed by atoms with van der Waals surface area (Å²) in [5.74, 6) is -4.68. The van der Waals surface area contributed by atoms with Gasteiger partial charge in [0.15, 0.2) is 17.1 Å². The highest BCUT2D eigenvalue weighted by Gasteiger charge is 2.58. The maximum Gasteiger partial charge on any atom is 0.286 e. The summed E-state index contributed by atoms with van der Waals surface area (Å²) in [5, 5.41) is 14.1. The highest BCUT2D eigenvalue weighted by molar-refractivity contribution is 7.92. The van der Waals surface area contributed by atoms with Gasteiger partial charge >= 0.3 is 0 Å². The molecule has 0 fully saturated rings. The molecule has 1 aliphatic heterocycles. The Labute approximate surface area is 226 Å². The van der Waals surface area contributed by atoms with Gasteiger partial charge < -0.3 is 5.32 Å². The summed E-state index contributed by atoms with van der Waals surface area (Å²) in [6.07, 6.45) is 1.27. The van der Waals surface area contributed by atoms with Gasteiger partial charge in [-0.2, -0.15) is 8.42 Å². The van der Waals surface area contributed by atoms with Crippen LogP contribution in [-0.4, -0.2) is 56.7 Å². The fourth-order valence-electron chi connectivity index (χ4n) is 4.88. The smallest absolute Gasteiger partial charge is 0.286 e. The molecule has 0 radical (unpaired) electrons. The molecule has 0 aromatic heterocycles. The molecule has 1 amide bonds. The van der Waals surface area contributed by atoms with Crippen molar-refractivity contribution in [1.29, 1.82) is 0 Å². The van der Waals surface area contributed by atoms with Crippen LogP contribution in [0.5, 0.6) is 0 Å². The first-order valence-corrected chi connectivity index (χ1v) is 15.3. The lowest BCUT2D eigenvalue weighted by Crippen LogP contribution is -2.61. The van der Waals surface area contributed by atoms with Gasteiger partial charge in [-0.15, -0.1) is 4.40 Å². The molecule has 208 valence electrons. The summed E-state index contributed by atoms with van der Waals surface area (Å²) in [5.41, 5.74) is -1.83. The Morgan fingerprint density at radius 2 is 1.87 bits per heavy atom. The number of nitrogens with one attached hydrogen (secondary N) is 2. The molecule has 0 bridgehead atoms. The van der Waals surface area contributed by atoms with Gasteiger partial charge in [-0.3, -0.25) is 24.3 Å². The Bertz CT molecular complexity index is 1630. The van der Waals surface area contributed by atoms with E-state index in [1.165, 1.54) is 24.3 Å². The Balaban J connectivity index is 1.89. The van der Waals surface area contributed by atoms with E-state index in [4.69, 9.17) is 0 Å². The molecular weight excluding hydrogens is 548 g/mol. The molecule has 3 N–H and O–H groups in total. The predicted molar refractivity (Wildman–Crippen MR) is 142 cm³/mol. The van der Waals surface area contributed by atoms with Crippen molar-refractivity contribution in [2.24, 2.45) is 16.2 Å². The first-order chi connectivity index (χ1) is 18.1. The maximum atomic E-state index is 14.2. The lowest BCUT2D eigenvalue weighted by atomic mass is 9.66. The van der Waals surface area contributed by atoms with Gasteiger partial charge in [0.1, 0.15) is 16.6 Å². The number of hydrogen-bond donors (Lipinski definition) is 3. The van der Waals surface area contributed by atoms with Crippen molar-refractivity contribution in [3.05, 3.63) is 53.6 Å². The Morgan fingerprint density at radius 1 is 1.21 bits per heavy atom. The van der Waals surface area contributed by atoms with Crippen LogP contribution in [0.1, 0.15) is 49.5 Å². The topological polar surface area (TPSA) is 179 Å². The zero-order chi connectivity index (χ0) is 28.9. The van der Waals surface area contributed by atoms with Gasteiger partial charge in [-0.25, -0.2) is 13.5 Å². The highest BCUT2D eigenvalue weighted by atomic mass is 32.2. The SMILES string of the molecule is CC(=O)N(O)C1(CCC(C)C)C(=O)C(C2=NS(=O)(=O)c3cc(NS(C)(=O)=O)ccc3N2)C(=O)c2ccccc21. The summed E-state index contributed by atoms with van der Waals surface area (Å²) in [6, 6.07) is 9.74. The van der Waals surface area contributed by atoms with E-state index in [1.807, 2.05) is 13.8 Å². The molecule has 4 rings (SSSR count). The van der Waals surface area contributed by atoms with E-state index in [0.29, 0.717) is 11.5 Å². The minimum absolute atomic E-state index is 0.0240. The molecule has 2 aromatic carbocycles. The third-order valence-corrected chi connectivity index (χ3v) is 8.57. The molecule has 2 aromatic rings. The third-order valence-electron chi connectivity index (χ3n) is 6.63. The standard InChI is InChI=1S/C25H28N4O8S2/c1-14(2)11-12-25(29(33)15(3)30)18-8-6-5-7-17(18)22(31)21(23(25)32)24-26-19-10-9-16(27-38(4,34)35)13-20(19)39(36,37)28-24/h5-10,13-14,21,27,33H,11-12H2,1-4H3,(H,26,28). The normalized spacial score (nSPS) is 21.9. The first-order valence-electron chi connectivity index (χ1n) is 12.0. The van der Waals surface area contributed by atoms with Gasteiger partial charge in [0.05, 0.1) is 11.9 Å². The number of carbonyl (C=O) groups is 3. The molecule has 14 heteroatoms. The molecule has 1 heterocycles. The molecule has 2 atom stereocenters. The number of amides is 1. The number of hydroxylamine groups is 2. The monoisotopic (exact) mass is 576 g/mol. The van der Waals surface area contributed by atoms with Gasteiger partial charge in [0.2, 0.25) is 15.9 Å². The second kappa shape index (κ2) is 9.84. The second-order valence-electron chi connectivity index (χ2n) is 9.99. The number of carbonyl (C=O) groups excluding carboxylic acids is 3. The van der Waals surface area contributed by atoms with Gasteiger partial charge in [-0.1, -0.05) is 38.1 Å². The Morgan fingerprint density at radius 3 is 2.49 bits per heavy atom. The number of anilines is 2. The minimum Gasteiger partial charge on any atom is -0.341 e. The zero-order valence-electron chi connectivity index (χ0n) is 21.6. The van der Waals surface area contributed by atoms with Crippen LogP contribution in [0.4, 0.5) is 11.4 Å². The van der Waals surface area contributed by atoms with Crippen molar-refractivity contribution in [3.8, 4) is 0 Å². The van der Waals surface area contributed by atoms with Crippen LogP contribution in [0.15, 0.2) is 51.8 Å². The predicted octanol–water partition coefficient (Wildman–Crippen LogP) is 2.52. The summed E-state index contributed by atoms with van der Waals surface area (Å²) >= 11 is 0. The number of nitrogens with zero attached hydrogens (tertiary/aromatic N) is 2. The fraction of sp³-hybridized carbons (Fsp3) is 0.360. The second-order valence-corrected chi connectivity index (χ2v) is 13.3. The third kappa shape index (κ3) is 5.06. The number of benzene rings is 2. The first kappa shape index (κ1) is 28.4. The maximum absolute atomic E-state index is 14.2. The lowest BCUT2D eigenvalue weighted by molar-refractivity contribution is -0.200. The van der Waals surface area contributed by atoms with Crippen LogP contribution in [-0.2, 0) is 35.2 Å². The van der Waals surface area contributed by atoms with Crippen LogP contribution >= 0.6 is 0 Å². The molecule has 0 saturated carbocycles. The molecule has 39 heavy (non-hydrogen) atoms. The van der Waals surface area contributed by atoms with E-state index in [1.54, 1.807) is 12.1 Å². The number of amidine groups is 1. The summed E-state index contributed by atoms with van der Waals surface area (Å²) in [7, 11) is -8.20. The molecule has 1 aliphatic carbocycles. The van der Waals surface area contributed by atoms with Crippen molar-refractivity contribution in [2.45, 2.75) is 44.0 Å². The number of fused-ring (bicyclic) bond motifs is 2. The minimum atomic E-state index is -4.50. The molecule has 2 aliphatic rings. The Hall–Kier alpha value is -3.62. The van der Waals surface area contributed by atoms with E-state index >= 15 is 0 Å². The van der Waals surface area contributed by atoms with Crippen LogP contribution in [0.25, 0.3) is 0 Å². The van der Waals surface area contributed by atoms with E-state index < -0.39 is 54.8 Å². The van der Waals surface area contributed by atoms with E-state index in [-0.39, 0.29) is 39.7 Å². The molecular formula is C25H28N4O8S2. The quantitative estimate of drug-likeness (QED) is 0.254. The van der Waals surface area contributed by atoms with Crippen LogP contribution < -0.4 is 10.0 Å². The number of ketones is 2.